The fraction of sp³-hybridized carbons (Fsp3) is 0.900. The Hall–Kier alpha value is 0.201. The molecule has 0 rings (SSSR count). The third kappa shape index (κ3) is 6.63. The maximum Gasteiger partial charge on any atom is 0.218 e. The second-order valence-corrected chi connectivity index (χ2v) is 67.0. The lowest BCUT2D eigenvalue weighted by atomic mass is 10.6. The maximum absolute atomic E-state index is 12.4. The van der Waals surface area contributed by atoms with Gasteiger partial charge in [0.15, 0.2) is 14.7 Å². The third-order valence-electron chi connectivity index (χ3n) is 7.19. The lowest BCUT2D eigenvalue weighted by Gasteiger charge is -2.61. The van der Waals surface area contributed by atoms with E-state index in [4.69, 9.17) is 4.12 Å². The van der Waals surface area contributed by atoms with Crippen molar-refractivity contribution in [3.63, 3.8) is 0 Å². The molecule has 0 aromatic heterocycles. The first-order chi connectivity index (χ1) is 13.4. The van der Waals surface area contributed by atoms with Gasteiger partial charge in [-0.2, -0.15) is 0 Å². The van der Waals surface area contributed by atoms with E-state index in [9.17, 15) is 9.59 Å². The van der Waals surface area contributed by atoms with Crippen LogP contribution < -0.4 is 0 Å². The molecule has 0 fully saturated rings. The molecule has 5 nitrogen and oxygen atoms in total. The molecule has 0 aliphatic heterocycles. The minimum atomic E-state index is -2.31. The number of carbonyl (C=O) groups is 2. The van der Waals surface area contributed by atoms with Gasteiger partial charge in [0.2, 0.25) is 11.8 Å². The van der Waals surface area contributed by atoms with E-state index in [1.165, 1.54) is 0 Å². The van der Waals surface area contributed by atoms with Crippen molar-refractivity contribution in [2.45, 2.75) is 92.4 Å². The van der Waals surface area contributed by atoms with Gasteiger partial charge in [-0.3, -0.25) is 9.59 Å². The zero-order valence-corrected chi connectivity index (χ0v) is 29.5. The summed E-state index contributed by atoms with van der Waals surface area (Å²) in [5.41, 5.74) is 0. The quantitative estimate of drug-likeness (QED) is 0.384. The van der Waals surface area contributed by atoms with E-state index in [-0.39, 0.29) is 11.8 Å². The summed E-state index contributed by atoms with van der Waals surface area (Å²) in [6.45, 7) is 33.1. The molecule has 0 spiro atoms. The zero-order chi connectivity index (χ0) is 25.4. The Balaban J connectivity index is 7.25. The molecular weight excluding hydrogens is 485 g/mol. The first kappa shape index (κ1) is 31.2. The van der Waals surface area contributed by atoms with Gasteiger partial charge >= 0.3 is 0 Å². The van der Waals surface area contributed by atoms with Crippen LogP contribution in [-0.2, 0) is 13.7 Å². The SMILES string of the molecule is CC(=O)N(C)C[Si](O[Si](CN(C)C(C)=O)([Si](C)(C)C)[Si](C)(C)C)([Si](C)(C)C)[Si](C)(C)C. The first-order valence-electron chi connectivity index (χ1n) is 11.5. The van der Waals surface area contributed by atoms with Crippen LogP contribution in [0, 0.1) is 0 Å². The molecular formula is C20H52N2O3Si6. The molecule has 0 bridgehead atoms. The van der Waals surface area contributed by atoms with Gasteiger partial charge in [-0.25, -0.2) is 0 Å². The van der Waals surface area contributed by atoms with Gasteiger partial charge in [0.05, 0.1) is 30.4 Å². The summed E-state index contributed by atoms with van der Waals surface area (Å²) < 4.78 is 8.06. The molecule has 184 valence electrons. The van der Waals surface area contributed by atoms with Gasteiger partial charge in [0.1, 0.15) is 0 Å². The fourth-order valence-electron chi connectivity index (χ4n) is 5.06. The average molecular weight is 537 g/mol. The number of hydrogen-bond acceptors (Lipinski definition) is 3. The monoisotopic (exact) mass is 536 g/mol. The predicted octanol–water partition coefficient (Wildman–Crippen LogP) is 4.60. The molecule has 0 aliphatic carbocycles. The summed E-state index contributed by atoms with van der Waals surface area (Å²) in [7, 11) is -7.76. The summed E-state index contributed by atoms with van der Waals surface area (Å²) in [6.07, 6.45) is 1.61. The van der Waals surface area contributed by atoms with E-state index in [0.29, 0.717) is 0 Å². The molecule has 2 amide bonds. The number of hydrogen-bond donors (Lipinski definition) is 0. The van der Waals surface area contributed by atoms with Gasteiger partial charge in [0.25, 0.3) is 0 Å². The summed E-state index contributed by atoms with van der Waals surface area (Å²) in [5, 5.41) is 0. The zero-order valence-electron chi connectivity index (χ0n) is 23.5. The molecule has 0 aromatic rings. The Morgan fingerprint density at radius 3 is 0.871 bits per heavy atom. The van der Waals surface area contributed by atoms with Gasteiger partial charge in [0, 0.05) is 40.3 Å². The fourth-order valence-corrected chi connectivity index (χ4v) is 105. The van der Waals surface area contributed by atoms with Gasteiger partial charge in [-0.15, -0.1) is 0 Å². The van der Waals surface area contributed by atoms with Crippen molar-refractivity contribution in [1.29, 1.82) is 0 Å². The Labute approximate surface area is 198 Å². The van der Waals surface area contributed by atoms with Crippen LogP contribution in [0.3, 0.4) is 0 Å². The highest BCUT2D eigenvalue weighted by Gasteiger charge is 2.66. The summed E-state index contributed by atoms with van der Waals surface area (Å²) in [4.78, 5) is 28.7. The van der Waals surface area contributed by atoms with Crippen molar-refractivity contribution < 1.29 is 13.7 Å². The Kier molecular flexibility index (Phi) is 9.89. The largest absolute Gasteiger partial charge is 0.461 e. The lowest BCUT2D eigenvalue weighted by Crippen LogP contribution is -2.88. The average Bonchev–Trinajstić information content (AvgIpc) is 2.47. The van der Waals surface area contributed by atoms with Crippen molar-refractivity contribution in [1.82, 2.24) is 9.80 Å². The van der Waals surface area contributed by atoms with E-state index < -0.39 is 45.1 Å². The standard InChI is InChI=1S/C20H52N2O3Si6/c1-19(23)21(3)17-30(26(5,6)7,27(8,9)10)25-31(28(11,12)13,29(14,15)16)18-22(4)20(2)24/h17-18H2,1-16H3. The van der Waals surface area contributed by atoms with Crippen LogP contribution in [0.5, 0.6) is 0 Å². The van der Waals surface area contributed by atoms with E-state index in [2.05, 4.69) is 78.6 Å². The molecule has 0 aliphatic rings. The Bertz CT molecular complexity index is 576. The van der Waals surface area contributed by atoms with Gasteiger partial charge in [-0.1, -0.05) is 78.6 Å². The molecule has 0 saturated heterocycles. The number of nitrogens with zero attached hydrogens (tertiary/aromatic N) is 2. The molecule has 0 atom stereocenters. The molecule has 31 heavy (non-hydrogen) atoms. The second-order valence-electron chi connectivity index (χ2n) is 13.5. The van der Waals surface area contributed by atoms with E-state index in [0.717, 1.165) is 12.3 Å². The summed E-state index contributed by atoms with van der Waals surface area (Å²) in [6, 6.07) is 0. The van der Waals surface area contributed by atoms with Crippen LogP contribution in [0.1, 0.15) is 13.8 Å². The van der Waals surface area contributed by atoms with E-state index >= 15 is 0 Å². The van der Waals surface area contributed by atoms with Gasteiger partial charge < -0.3 is 13.9 Å². The van der Waals surface area contributed by atoms with Crippen LogP contribution in [0.4, 0.5) is 0 Å². The van der Waals surface area contributed by atoms with Crippen molar-refractivity contribution >= 4 is 56.9 Å². The topological polar surface area (TPSA) is 49.9 Å². The van der Waals surface area contributed by atoms with E-state index in [1.54, 1.807) is 13.8 Å². The highest BCUT2D eigenvalue weighted by molar-refractivity contribution is 7.73. The highest BCUT2D eigenvalue weighted by atomic mass is 29.7. The molecule has 0 aromatic carbocycles. The highest BCUT2D eigenvalue weighted by Crippen LogP contribution is 2.40. The van der Waals surface area contributed by atoms with Crippen LogP contribution >= 0.6 is 0 Å². The Morgan fingerprint density at radius 2 is 0.742 bits per heavy atom. The predicted molar refractivity (Wildman–Crippen MR) is 153 cm³/mol. The second kappa shape index (κ2) is 9.82. The summed E-state index contributed by atoms with van der Waals surface area (Å²) in [5.74, 6) is 0.261. The summed E-state index contributed by atoms with van der Waals surface area (Å²) >= 11 is 0. The van der Waals surface area contributed by atoms with Crippen molar-refractivity contribution in [2.75, 3.05) is 26.4 Å². The number of carbonyl (C=O) groups excluding carboxylic acids is 2. The normalized spacial score (nSPS) is 14.5. The minimum Gasteiger partial charge on any atom is -0.461 e. The van der Waals surface area contributed by atoms with Crippen molar-refractivity contribution in [3.8, 4) is 0 Å². The van der Waals surface area contributed by atoms with Crippen LogP contribution in [-0.4, -0.2) is 93.1 Å². The molecule has 11 heteroatoms. The molecule has 0 unspecified atom stereocenters. The molecule has 0 radical (unpaired) electrons. The van der Waals surface area contributed by atoms with Crippen LogP contribution in [0.2, 0.25) is 78.6 Å². The first-order valence-corrected chi connectivity index (χ1v) is 33.7. The molecule has 0 N–H and O–H groups in total. The van der Waals surface area contributed by atoms with Gasteiger partial charge in [-0.05, 0) is 0 Å². The van der Waals surface area contributed by atoms with E-state index in [1.807, 2.05) is 23.9 Å². The smallest absolute Gasteiger partial charge is 0.218 e. The minimum absolute atomic E-state index is 0.131. The molecule has 0 heterocycles. The Morgan fingerprint density at radius 1 is 0.548 bits per heavy atom. The van der Waals surface area contributed by atoms with Crippen LogP contribution in [0.25, 0.3) is 0 Å². The van der Waals surface area contributed by atoms with Crippen molar-refractivity contribution in [3.05, 3.63) is 0 Å². The molecule has 0 saturated carbocycles. The van der Waals surface area contributed by atoms with Crippen molar-refractivity contribution in [2.24, 2.45) is 0 Å². The van der Waals surface area contributed by atoms with Crippen LogP contribution in [0.15, 0.2) is 0 Å². The number of rotatable bonds is 10. The third-order valence-corrected chi connectivity index (χ3v) is 83.2. The maximum atomic E-state index is 12.4. The lowest BCUT2D eigenvalue weighted by molar-refractivity contribution is -0.127. The number of amides is 2.